The van der Waals surface area contributed by atoms with Crippen LogP contribution in [0, 0.1) is 6.92 Å². The van der Waals surface area contributed by atoms with Crippen LogP contribution < -0.4 is 5.32 Å². The van der Waals surface area contributed by atoms with Gasteiger partial charge in [0.1, 0.15) is 0 Å². The van der Waals surface area contributed by atoms with Gasteiger partial charge in [0.25, 0.3) is 0 Å². The van der Waals surface area contributed by atoms with Gasteiger partial charge in [0, 0.05) is 19.2 Å². The van der Waals surface area contributed by atoms with E-state index in [-0.39, 0.29) is 5.60 Å². The van der Waals surface area contributed by atoms with Gasteiger partial charge in [-0.3, -0.25) is 0 Å². The molecule has 1 atom stereocenters. The van der Waals surface area contributed by atoms with Crippen LogP contribution in [0.25, 0.3) is 0 Å². The van der Waals surface area contributed by atoms with E-state index >= 15 is 0 Å². The molecule has 17 heavy (non-hydrogen) atoms. The second-order valence-electron chi connectivity index (χ2n) is 5.66. The molecule has 2 rings (SSSR count). The van der Waals surface area contributed by atoms with Crippen molar-refractivity contribution in [1.82, 2.24) is 5.32 Å². The Morgan fingerprint density at radius 3 is 2.65 bits per heavy atom. The van der Waals surface area contributed by atoms with Crippen molar-refractivity contribution < 1.29 is 4.74 Å². The molecule has 0 radical (unpaired) electrons. The Morgan fingerprint density at radius 2 is 2.00 bits per heavy atom. The molecule has 1 heterocycles. The van der Waals surface area contributed by atoms with E-state index in [4.69, 9.17) is 4.74 Å². The molecule has 0 saturated carbocycles. The second kappa shape index (κ2) is 5.19. The predicted molar refractivity (Wildman–Crippen MR) is 71.1 cm³/mol. The van der Waals surface area contributed by atoms with Crippen molar-refractivity contribution in [1.29, 1.82) is 0 Å². The van der Waals surface area contributed by atoms with Gasteiger partial charge in [-0.15, -0.1) is 0 Å². The summed E-state index contributed by atoms with van der Waals surface area (Å²) in [5.74, 6) is 0. The molecule has 94 valence electrons. The van der Waals surface area contributed by atoms with E-state index < -0.39 is 0 Å². The average molecular weight is 233 g/mol. The molecule has 1 unspecified atom stereocenters. The zero-order valence-corrected chi connectivity index (χ0v) is 11.1. The van der Waals surface area contributed by atoms with Crippen molar-refractivity contribution in [3.8, 4) is 0 Å². The van der Waals surface area contributed by atoms with Gasteiger partial charge in [0.05, 0.1) is 5.60 Å². The van der Waals surface area contributed by atoms with Crippen LogP contribution in [-0.4, -0.2) is 18.2 Å². The Labute approximate surface area is 104 Å². The quantitative estimate of drug-likeness (QED) is 0.866. The number of nitrogens with one attached hydrogen (secondary N) is 1. The van der Waals surface area contributed by atoms with Crippen LogP contribution in [0.2, 0.25) is 0 Å². The maximum atomic E-state index is 5.72. The third-order valence-corrected chi connectivity index (χ3v) is 3.41. The molecular weight excluding hydrogens is 210 g/mol. The normalized spacial score (nSPS) is 23.6. The van der Waals surface area contributed by atoms with Gasteiger partial charge in [-0.2, -0.15) is 0 Å². The van der Waals surface area contributed by atoms with E-state index in [0.29, 0.717) is 6.04 Å². The highest BCUT2D eigenvalue weighted by Gasteiger charge is 2.28. The first-order valence-corrected chi connectivity index (χ1v) is 6.48. The predicted octanol–water partition coefficient (Wildman–Crippen LogP) is 3.04. The van der Waals surface area contributed by atoms with Gasteiger partial charge in [-0.25, -0.2) is 0 Å². The van der Waals surface area contributed by atoms with Crippen LogP contribution in [-0.2, 0) is 11.3 Å². The molecule has 1 aromatic carbocycles. The maximum Gasteiger partial charge on any atom is 0.0641 e. The van der Waals surface area contributed by atoms with Crippen molar-refractivity contribution in [2.45, 2.75) is 51.8 Å². The van der Waals surface area contributed by atoms with Crippen molar-refractivity contribution in [2.24, 2.45) is 0 Å². The zero-order chi connectivity index (χ0) is 12.3. The number of hydrogen-bond donors (Lipinski definition) is 1. The van der Waals surface area contributed by atoms with Crippen molar-refractivity contribution >= 4 is 0 Å². The summed E-state index contributed by atoms with van der Waals surface area (Å²) < 4.78 is 5.72. The lowest BCUT2D eigenvalue weighted by Crippen LogP contribution is -2.43. The second-order valence-corrected chi connectivity index (χ2v) is 5.66. The van der Waals surface area contributed by atoms with Crippen LogP contribution >= 0.6 is 0 Å². The van der Waals surface area contributed by atoms with Crippen molar-refractivity contribution in [3.63, 3.8) is 0 Å². The smallest absolute Gasteiger partial charge is 0.0641 e. The monoisotopic (exact) mass is 233 g/mol. The first kappa shape index (κ1) is 12.6. The van der Waals surface area contributed by atoms with E-state index in [1.807, 2.05) is 0 Å². The third kappa shape index (κ3) is 3.83. The minimum Gasteiger partial charge on any atom is -0.375 e. The molecule has 0 amide bonds. The van der Waals surface area contributed by atoms with Crippen LogP contribution in [0.1, 0.15) is 37.8 Å². The Hall–Kier alpha value is -0.860. The summed E-state index contributed by atoms with van der Waals surface area (Å²) in [6.07, 6.45) is 2.22. The molecule has 2 heteroatoms. The standard InChI is InChI=1S/C15H23NO/c1-12-4-6-13(7-5-12)11-16-14-8-9-17-15(2,3)10-14/h4-7,14,16H,8-11H2,1-3H3. The lowest BCUT2D eigenvalue weighted by molar-refractivity contribution is -0.0630. The highest BCUT2D eigenvalue weighted by Crippen LogP contribution is 2.24. The van der Waals surface area contributed by atoms with Crippen LogP contribution in [0.5, 0.6) is 0 Å². The molecular formula is C15H23NO. The first-order chi connectivity index (χ1) is 8.05. The fourth-order valence-electron chi connectivity index (χ4n) is 2.37. The third-order valence-electron chi connectivity index (χ3n) is 3.41. The fraction of sp³-hybridized carbons (Fsp3) is 0.600. The van der Waals surface area contributed by atoms with Crippen molar-refractivity contribution in [3.05, 3.63) is 35.4 Å². The molecule has 0 bridgehead atoms. The number of hydrogen-bond acceptors (Lipinski definition) is 2. The molecule has 1 N–H and O–H groups in total. The van der Waals surface area contributed by atoms with Crippen LogP contribution in [0.3, 0.4) is 0 Å². The Morgan fingerprint density at radius 1 is 1.29 bits per heavy atom. The molecule has 1 aromatic rings. The van der Waals surface area contributed by atoms with Crippen LogP contribution in [0.4, 0.5) is 0 Å². The van der Waals surface area contributed by atoms with E-state index in [0.717, 1.165) is 26.0 Å². The summed E-state index contributed by atoms with van der Waals surface area (Å²) in [6.45, 7) is 8.30. The molecule has 2 nitrogen and oxygen atoms in total. The van der Waals surface area contributed by atoms with Gasteiger partial charge < -0.3 is 10.1 Å². The van der Waals surface area contributed by atoms with Gasteiger partial charge >= 0.3 is 0 Å². The molecule has 1 aliphatic heterocycles. The fourth-order valence-corrected chi connectivity index (χ4v) is 2.37. The summed E-state index contributed by atoms with van der Waals surface area (Å²) >= 11 is 0. The average Bonchev–Trinajstić information content (AvgIpc) is 2.27. The Kier molecular flexibility index (Phi) is 3.85. The minimum atomic E-state index is 0.0309. The van der Waals surface area contributed by atoms with Crippen molar-refractivity contribution in [2.75, 3.05) is 6.61 Å². The van der Waals surface area contributed by atoms with Gasteiger partial charge in [0.15, 0.2) is 0 Å². The van der Waals surface area contributed by atoms with E-state index in [9.17, 15) is 0 Å². The lowest BCUT2D eigenvalue weighted by Gasteiger charge is -2.36. The largest absolute Gasteiger partial charge is 0.375 e. The topological polar surface area (TPSA) is 21.3 Å². The number of aryl methyl sites for hydroxylation is 1. The van der Waals surface area contributed by atoms with Gasteiger partial charge in [-0.05, 0) is 39.2 Å². The summed E-state index contributed by atoms with van der Waals surface area (Å²) in [6, 6.07) is 9.33. The Balaban J connectivity index is 1.84. The highest BCUT2D eigenvalue weighted by atomic mass is 16.5. The first-order valence-electron chi connectivity index (χ1n) is 6.48. The van der Waals surface area contributed by atoms with Crippen LogP contribution in [0.15, 0.2) is 24.3 Å². The van der Waals surface area contributed by atoms with Gasteiger partial charge in [-0.1, -0.05) is 29.8 Å². The van der Waals surface area contributed by atoms with E-state index in [2.05, 4.69) is 50.4 Å². The number of benzene rings is 1. The van der Waals surface area contributed by atoms with Gasteiger partial charge in [0.2, 0.25) is 0 Å². The lowest BCUT2D eigenvalue weighted by atomic mass is 9.94. The number of rotatable bonds is 3. The summed E-state index contributed by atoms with van der Waals surface area (Å²) in [7, 11) is 0. The maximum absolute atomic E-state index is 5.72. The molecule has 1 fully saturated rings. The summed E-state index contributed by atoms with van der Waals surface area (Å²) in [5, 5.41) is 3.63. The van der Waals surface area contributed by atoms with E-state index in [1.165, 1.54) is 11.1 Å². The molecule has 1 saturated heterocycles. The highest BCUT2D eigenvalue weighted by molar-refractivity contribution is 5.21. The molecule has 0 aliphatic carbocycles. The Bertz CT molecular complexity index is 356. The summed E-state index contributed by atoms with van der Waals surface area (Å²) in [5.41, 5.74) is 2.71. The summed E-state index contributed by atoms with van der Waals surface area (Å²) in [4.78, 5) is 0. The number of ether oxygens (including phenoxy) is 1. The molecule has 0 spiro atoms. The SMILES string of the molecule is Cc1ccc(CNC2CCOC(C)(C)C2)cc1. The molecule has 1 aliphatic rings. The zero-order valence-electron chi connectivity index (χ0n) is 11.1. The van der Waals surface area contributed by atoms with E-state index in [1.54, 1.807) is 0 Å². The molecule has 0 aromatic heterocycles. The minimum absolute atomic E-state index is 0.0309.